The first kappa shape index (κ1) is 13.5. The Labute approximate surface area is 99.6 Å². The molecule has 16 heavy (non-hydrogen) atoms. The molecule has 0 aliphatic carbocycles. The summed E-state index contributed by atoms with van der Waals surface area (Å²) in [5.41, 5.74) is 0.525. The van der Waals surface area contributed by atoms with Crippen LogP contribution in [0.2, 0.25) is 0 Å². The van der Waals surface area contributed by atoms with E-state index in [2.05, 4.69) is 19.2 Å². The predicted octanol–water partition coefficient (Wildman–Crippen LogP) is 3.37. The molecule has 0 bridgehead atoms. The molecule has 0 spiro atoms. The van der Waals surface area contributed by atoms with Crippen LogP contribution in [-0.2, 0) is 0 Å². The molecule has 0 saturated carbocycles. The fourth-order valence-corrected chi connectivity index (χ4v) is 2.32. The zero-order chi connectivity index (χ0) is 12.1. The third-order valence-electron chi connectivity index (χ3n) is 2.28. The van der Waals surface area contributed by atoms with Gasteiger partial charge in [-0.15, -0.1) is 0 Å². The lowest BCUT2D eigenvalue weighted by atomic mass is 10.1. The number of halogens is 2. The molecular formula is C12H17F2NS. The molecule has 1 aromatic rings. The van der Waals surface area contributed by atoms with Gasteiger partial charge in [0.05, 0.1) is 0 Å². The average molecular weight is 245 g/mol. The largest absolute Gasteiger partial charge is 0.312 e. The summed E-state index contributed by atoms with van der Waals surface area (Å²) < 4.78 is 26.3. The van der Waals surface area contributed by atoms with Gasteiger partial charge in [-0.05, 0) is 18.4 Å². The number of hydrogen-bond acceptors (Lipinski definition) is 2. The zero-order valence-electron chi connectivity index (χ0n) is 9.76. The van der Waals surface area contributed by atoms with Gasteiger partial charge in [-0.1, -0.05) is 19.9 Å². The van der Waals surface area contributed by atoms with Gasteiger partial charge in [0.2, 0.25) is 0 Å². The fraction of sp³-hybridized carbons (Fsp3) is 0.500. The first-order valence-electron chi connectivity index (χ1n) is 5.28. The molecule has 0 heterocycles. The molecule has 0 aliphatic rings. The zero-order valence-corrected chi connectivity index (χ0v) is 10.6. The van der Waals surface area contributed by atoms with Gasteiger partial charge in [-0.3, -0.25) is 0 Å². The van der Waals surface area contributed by atoms with E-state index < -0.39 is 11.6 Å². The molecule has 0 fully saturated rings. The summed E-state index contributed by atoms with van der Waals surface area (Å²) in [6, 6.07) is 3.66. The average Bonchev–Trinajstić information content (AvgIpc) is 2.21. The summed E-state index contributed by atoms with van der Waals surface area (Å²) in [6.07, 6.45) is 0. The van der Waals surface area contributed by atoms with E-state index in [4.69, 9.17) is 0 Å². The molecule has 1 nitrogen and oxygen atoms in total. The van der Waals surface area contributed by atoms with Crippen molar-refractivity contribution in [1.29, 1.82) is 0 Å². The van der Waals surface area contributed by atoms with Gasteiger partial charge in [0.1, 0.15) is 11.6 Å². The maximum atomic E-state index is 13.5. The first-order valence-corrected chi connectivity index (χ1v) is 6.33. The van der Waals surface area contributed by atoms with E-state index in [1.54, 1.807) is 18.8 Å². The van der Waals surface area contributed by atoms with Crippen LogP contribution >= 0.6 is 11.8 Å². The van der Waals surface area contributed by atoms with E-state index in [1.807, 2.05) is 0 Å². The minimum atomic E-state index is -0.535. The maximum Gasteiger partial charge on any atom is 0.130 e. The molecular weight excluding hydrogens is 228 g/mol. The Bertz CT molecular complexity index is 342. The summed E-state index contributed by atoms with van der Waals surface area (Å²) >= 11 is 1.75. The van der Waals surface area contributed by atoms with Crippen LogP contribution in [0.4, 0.5) is 8.78 Å². The number of thioether (sulfide) groups is 1. The Hall–Kier alpha value is -0.610. The van der Waals surface area contributed by atoms with Crippen molar-refractivity contribution in [2.24, 2.45) is 0 Å². The Morgan fingerprint density at radius 3 is 2.50 bits per heavy atom. The minimum absolute atomic E-state index is 0.0759. The highest BCUT2D eigenvalue weighted by atomic mass is 32.2. The van der Waals surface area contributed by atoms with Crippen LogP contribution in [0.1, 0.15) is 25.5 Å². The Balaban J connectivity index is 2.78. The Morgan fingerprint density at radius 1 is 1.31 bits per heavy atom. The highest BCUT2D eigenvalue weighted by Gasteiger charge is 2.15. The van der Waals surface area contributed by atoms with Crippen molar-refractivity contribution in [2.45, 2.75) is 25.1 Å². The Morgan fingerprint density at radius 2 is 2.00 bits per heavy atom. The van der Waals surface area contributed by atoms with Gasteiger partial charge >= 0.3 is 0 Å². The first-order chi connectivity index (χ1) is 7.54. The lowest BCUT2D eigenvalue weighted by Crippen LogP contribution is -2.20. The SMILES string of the molecule is CNC(CSC(C)C)c1ccc(F)cc1F. The second kappa shape index (κ2) is 6.21. The standard InChI is InChI=1S/C12H17F2NS/c1-8(2)16-7-12(15-3)10-5-4-9(13)6-11(10)14/h4-6,8,12,15H,7H2,1-3H3. The van der Waals surface area contributed by atoms with E-state index in [1.165, 1.54) is 12.1 Å². The van der Waals surface area contributed by atoms with Crippen LogP contribution < -0.4 is 5.32 Å². The molecule has 1 N–H and O–H groups in total. The van der Waals surface area contributed by atoms with Crippen molar-refractivity contribution in [3.8, 4) is 0 Å². The van der Waals surface area contributed by atoms with Crippen LogP contribution in [0, 0.1) is 11.6 Å². The normalized spacial score (nSPS) is 13.1. The molecule has 0 aliphatic heterocycles. The van der Waals surface area contributed by atoms with Crippen molar-refractivity contribution in [3.63, 3.8) is 0 Å². The third-order valence-corrected chi connectivity index (χ3v) is 3.48. The van der Waals surface area contributed by atoms with Crippen LogP contribution in [0.15, 0.2) is 18.2 Å². The highest BCUT2D eigenvalue weighted by Crippen LogP contribution is 2.23. The smallest absolute Gasteiger partial charge is 0.130 e. The Kier molecular flexibility index (Phi) is 5.22. The molecule has 1 rings (SSSR count). The number of benzene rings is 1. The van der Waals surface area contributed by atoms with Crippen molar-refractivity contribution >= 4 is 11.8 Å². The highest BCUT2D eigenvalue weighted by molar-refractivity contribution is 7.99. The lowest BCUT2D eigenvalue weighted by Gasteiger charge is -2.18. The summed E-state index contributed by atoms with van der Waals surface area (Å²) in [4.78, 5) is 0. The quantitative estimate of drug-likeness (QED) is 0.853. The van der Waals surface area contributed by atoms with E-state index in [9.17, 15) is 8.78 Å². The molecule has 0 saturated heterocycles. The molecule has 0 amide bonds. The number of hydrogen-bond donors (Lipinski definition) is 1. The third kappa shape index (κ3) is 3.76. The lowest BCUT2D eigenvalue weighted by molar-refractivity contribution is 0.544. The van der Waals surface area contributed by atoms with Crippen molar-refractivity contribution in [2.75, 3.05) is 12.8 Å². The minimum Gasteiger partial charge on any atom is -0.312 e. The second-order valence-corrected chi connectivity index (χ2v) is 5.50. The second-order valence-electron chi connectivity index (χ2n) is 3.89. The van der Waals surface area contributed by atoms with Crippen LogP contribution in [0.25, 0.3) is 0 Å². The molecule has 1 atom stereocenters. The summed E-state index contributed by atoms with van der Waals surface area (Å²) in [5, 5.41) is 3.55. The topological polar surface area (TPSA) is 12.0 Å². The summed E-state index contributed by atoms with van der Waals surface area (Å²) in [5.74, 6) is -0.243. The maximum absolute atomic E-state index is 13.5. The van der Waals surface area contributed by atoms with E-state index in [0.717, 1.165) is 11.8 Å². The summed E-state index contributed by atoms with van der Waals surface area (Å²) in [6.45, 7) is 4.19. The number of rotatable bonds is 5. The van der Waals surface area contributed by atoms with Gasteiger partial charge in [-0.25, -0.2) is 8.78 Å². The number of nitrogens with one attached hydrogen (secondary N) is 1. The van der Waals surface area contributed by atoms with Gasteiger partial charge in [0.15, 0.2) is 0 Å². The molecule has 1 aromatic carbocycles. The van der Waals surface area contributed by atoms with Crippen LogP contribution in [-0.4, -0.2) is 18.1 Å². The molecule has 4 heteroatoms. The van der Waals surface area contributed by atoms with Crippen molar-refractivity contribution < 1.29 is 8.78 Å². The molecule has 1 unspecified atom stereocenters. The van der Waals surface area contributed by atoms with E-state index in [0.29, 0.717) is 10.8 Å². The molecule has 0 radical (unpaired) electrons. The van der Waals surface area contributed by atoms with E-state index >= 15 is 0 Å². The van der Waals surface area contributed by atoms with Crippen LogP contribution in [0.5, 0.6) is 0 Å². The molecule has 90 valence electrons. The van der Waals surface area contributed by atoms with Gasteiger partial charge < -0.3 is 5.32 Å². The van der Waals surface area contributed by atoms with Gasteiger partial charge in [-0.2, -0.15) is 11.8 Å². The fourth-order valence-electron chi connectivity index (χ4n) is 1.40. The van der Waals surface area contributed by atoms with Crippen molar-refractivity contribution in [3.05, 3.63) is 35.4 Å². The van der Waals surface area contributed by atoms with Crippen molar-refractivity contribution in [1.82, 2.24) is 5.32 Å². The van der Waals surface area contributed by atoms with Crippen LogP contribution in [0.3, 0.4) is 0 Å². The molecule has 0 aromatic heterocycles. The predicted molar refractivity (Wildman–Crippen MR) is 65.8 cm³/mol. The summed E-state index contributed by atoms with van der Waals surface area (Å²) in [7, 11) is 1.79. The van der Waals surface area contributed by atoms with E-state index in [-0.39, 0.29) is 6.04 Å². The van der Waals surface area contributed by atoms with Gasteiger partial charge in [0, 0.05) is 23.4 Å². The van der Waals surface area contributed by atoms with Gasteiger partial charge in [0.25, 0.3) is 0 Å². The monoisotopic (exact) mass is 245 g/mol.